The molecular formula is C19H15N5O. The second-order valence-corrected chi connectivity index (χ2v) is 5.70. The average Bonchev–Trinajstić information content (AvgIpc) is 2.63. The lowest BCUT2D eigenvalue weighted by Gasteiger charge is -2.08. The minimum absolute atomic E-state index is 0.148. The van der Waals surface area contributed by atoms with Gasteiger partial charge in [-0.1, -0.05) is 30.3 Å². The van der Waals surface area contributed by atoms with Crippen molar-refractivity contribution in [2.45, 2.75) is 6.42 Å². The Morgan fingerprint density at radius 3 is 2.52 bits per heavy atom. The van der Waals surface area contributed by atoms with Crippen molar-refractivity contribution in [1.82, 2.24) is 19.9 Å². The van der Waals surface area contributed by atoms with Gasteiger partial charge in [-0.25, -0.2) is 15.0 Å². The highest BCUT2D eigenvalue weighted by Crippen LogP contribution is 2.22. The maximum absolute atomic E-state index is 11.3. The van der Waals surface area contributed by atoms with Gasteiger partial charge in [-0.3, -0.25) is 4.79 Å². The summed E-state index contributed by atoms with van der Waals surface area (Å²) in [6.45, 7) is 0. The summed E-state index contributed by atoms with van der Waals surface area (Å²) >= 11 is 0. The van der Waals surface area contributed by atoms with Crippen molar-refractivity contribution in [3.05, 3.63) is 82.4 Å². The van der Waals surface area contributed by atoms with E-state index in [0.717, 1.165) is 22.5 Å². The number of rotatable bonds is 3. The fraction of sp³-hybridized carbons (Fsp3) is 0.0526. The Bertz CT molecular complexity index is 1090. The summed E-state index contributed by atoms with van der Waals surface area (Å²) in [4.78, 5) is 27.3. The fourth-order valence-electron chi connectivity index (χ4n) is 2.74. The van der Waals surface area contributed by atoms with Crippen LogP contribution in [0, 0.1) is 0 Å². The highest BCUT2D eigenvalue weighted by Gasteiger charge is 2.11. The van der Waals surface area contributed by atoms with Gasteiger partial charge in [0.25, 0.3) is 0 Å². The highest BCUT2D eigenvalue weighted by molar-refractivity contribution is 5.81. The van der Waals surface area contributed by atoms with Gasteiger partial charge in [-0.05, 0) is 23.8 Å². The van der Waals surface area contributed by atoms with Crippen molar-refractivity contribution >= 4 is 17.0 Å². The number of anilines is 1. The molecule has 0 saturated carbocycles. The summed E-state index contributed by atoms with van der Waals surface area (Å²) in [5.41, 5.74) is 10.6. The van der Waals surface area contributed by atoms with Crippen molar-refractivity contribution in [3.63, 3.8) is 0 Å². The minimum atomic E-state index is -0.148. The first kappa shape index (κ1) is 15.0. The molecule has 0 saturated heterocycles. The molecule has 0 bridgehead atoms. The molecule has 0 atom stereocenters. The third-order valence-electron chi connectivity index (χ3n) is 3.93. The number of nitrogens with two attached hydrogens (primary N) is 1. The molecule has 0 radical (unpaired) electrons. The molecule has 4 aromatic rings. The largest absolute Gasteiger partial charge is 0.368 e. The quantitative estimate of drug-likeness (QED) is 0.602. The fourth-order valence-corrected chi connectivity index (χ4v) is 2.74. The lowest BCUT2D eigenvalue weighted by Crippen LogP contribution is -2.04. The van der Waals surface area contributed by atoms with Gasteiger partial charge in [0.05, 0.1) is 16.9 Å². The monoisotopic (exact) mass is 329 g/mol. The van der Waals surface area contributed by atoms with Crippen molar-refractivity contribution in [1.29, 1.82) is 0 Å². The maximum atomic E-state index is 11.3. The Morgan fingerprint density at radius 2 is 1.76 bits per heavy atom. The molecule has 0 aliphatic rings. The molecule has 0 unspecified atom stereocenters. The Morgan fingerprint density at radius 1 is 0.920 bits per heavy atom. The Balaban J connectivity index is 1.85. The van der Waals surface area contributed by atoms with E-state index in [1.807, 2.05) is 42.5 Å². The van der Waals surface area contributed by atoms with Crippen molar-refractivity contribution < 1.29 is 0 Å². The van der Waals surface area contributed by atoms with Crippen molar-refractivity contribution in [2.75, 3.05) is 5.73 Å². The summed E-state index contributed by atoms with van der Waals surface area (Å²) in [6, 6.07) is 17.0. The Kier molecular flexibility index (Phi) is 3.70. The van der Waals surface area contributed by atoms with Crippen LogP contribution in [0.1, 0.15) is 11.3 Å². The van der Waals surface area contributed by atoms with Crippen LogP contribution in [0.25, 0.3) is 22.3 Å². The molecule has 6 heteroatoms. The number of nitrogen functional groups attached to an aromatic ring is 1. The van der Waals surface area contributed by atoms with Crippen LogP contribution in [0.15, 0.2) is 65.6 Å². The van der Waals surface area contributed by atoms with Crippen molar-refractivity contribution in [3.8, 4) is 11.3 Å². The molecule has 6 nitrogen and oxygen atoms in total. The Hall–Kier alpha value is -3.54. The second-order valence-electron chi connectivity index (χ2n) is 5.70. The molecule has 3 aromatic heterocycles. The van der Waals surface area contributed by atoms with Gasteiger partial charge in [0.1, 0.15) is 5.52 Å². The molecule has 25 heavy (non-hydrogen) atoms. The summed E-state index contributed by atoms with van der Waals surface area (Å²) in [7, 11) is 0. The van der Waals surface area contributed by atoms with Crippen LogP contribution < -0.4 is 11.3 Å². The molecule has 0 fully saturated rings. The van der Waals surface area contributed by atoms with Crippen LogP contribution >= 0.6 is 0 Å². The number of benzene rings is 1. The number of pyridine rings is 2. The maximum Gasteiger partial charge on any atom is 0.247 e. The zero-order valence-corrected chi connectivity index (χ0v) is 13.3. The van der Waals surface area contributed by atoms with E-state index in [-0.39, 0.29) is 11.5 Å². The zero-order valence-electron chi connectivity index (χ0n) is 13.3. The molecule has 122 valence electrons. The smallest absolute Gasteiger partial charge is 0.247 e. The molecule has 1 aromatic carbocycles. The average molecular weight is 329 g/mol. The van der Waals surface area contributed by atoms with Crippen LogP contribution in [-0.4, -0.2) is 19.9 Å². The lowest BCUT2D eigenvalue weighted by molar-refractivity contribution is 1.06. The molecular weight excluding hydrogens is 314 g/mol. The van der Waals surface area contributed by atoms with Gasteiger partial charge in [-0.15, -0.1) is 0 Å². The first-order valence-corrected chi connectivity index (χ1v) is 7.85. The van der Waals surface area contributed by atoms with Gasteiger partial charge >= 0.3 is 0 Å². The number of nitrogens with zero attached hydrogens (tertiary/aromatic N) is 3. The van der Waals surface area contributed by atoms with Gasteiger partial charge in [-0.2, -0.15) is 0 Å². The van der Waals surface area contributed by atoms with E-state index in [4.69, 9.17) is 10.7 Å². The van der Waals surface area contributed by atoms with E-state index in [1.165, 1.54) is 6.07 Å². The number of fused-ring (bicyclic) bond motifs is 1. The zero-order chi connectivity index (χ0) is 17.2. The molecule has 0 aliphatic heterocycles. The van der Waals surface area contributed by atoms with Crippen LogP contribution in [-0.2, 0) is 6.42 Å². The van der Waals surface area contributed by atoms with Crippen LogP contribution in [0.5, 0.6) is 0 Å². The number of hydrogen-bond acceptors (Lipinski definition) is 5. The second kappa shape index (κ2) is 6.16. The minimum Gasteiger partial charge on any atom is -0.368 e. The number of hydrogen-bond donors (Lipinski definition) is 2. The molecule has 3 N–H and O–H groups in total. The first-order valence-electron chi connectivity index (χ1n) is 7.85. The third-order valence-corrected chi connectivity index (χ3v) is 3.93. The normalized spacial score (nSPS) is 10.9. The summed E-state index contributed by atoms with van der Waals surface area (Å²) in [6.07, 6.45) is 2.26. The molecule has 0 aliphatic carbocycles. The van der Waals surface area contributed by atoms with E-state index in [9.17, 15) is 4.79 Å². The van der Waals surface area contributed by atoms with Gasteiger partial charge < -0.3 is 10.7 Å². The molecule has 4 rings (SSSR count). The van der Waals surface area contributed by atoms with E-state index in [2.05, 4.69) is 15.0 Å². The molecule has 0 amide bonds. The van der Waals surface area contributed by atoms with E-state index < -0.39 is 0 Å². The highest BCUT2D eigenvalue weighted by atomic mass is 16.1. The predicted molar refractivity (Wildman–Crippen MR) is 97.1 cm³/mol. The predicted octanol–water partition coefficient (Wildman–Crippen LogP) is 2.55. The number of H-pyrrole nitrogens is 1. The topological polar surface area (TPSA) is 97.5 Å². The molecule has 0 spiro atoms. The summed E-state index contributed by atoms with van der Waals surface area (Å²) in [5.74, 6) is 0.233. The number of nitrogens with one attached hydrogen (secondary N) is 1. The van der Waals surface area contributed by atoms with E-state index in [0.29, 0.717) is 17.5 Å². The van der Waals surface area contributed by atoms with Crippen LogP contribution in [0.4, 0.5) is 5.95 Å². The first-order chi connectivity index (χ1) is 12.2. The molecule has 3 heterocycles. The Labute approximate surface area is 143 Å². The van der Waals surface area contributed by atoms with E-state index >= 15 is 0 Å². The van der Waals surface area contributed by atoms with Crippen LogP contribution in [0.3, 0.4) is 0 Å². The number of aromatic amines is 1. The van der Waals surface area contributed by atoms with Gasteiger partial charge in [0, 0.05) is 24.2 Å². The summed E-state index contributed by atoms with van der Waals surface area (Å²) in [5, 5.41) is 0. The summed E-state index contributed by atoms with van der Waals surface area (Å²) < 4.78 is 0. The van der Waals surface area contributed by atoms with Gasteiger partial charge in [0.2, 0.25) is 11.5 Å². The van der Waals surface area contributed by atoms with E-state index in [1.54, 1.807) is 12.3 Å². The third kappa shape index (κ3) is 3.10. The van der Waals surface area contributed by atoms with Crippen LogP contribution in [0.2, 0.25) is 0 Å². The standard InChI is InChI=1S/C19H15N5O/c20-19-23-15-8-7-14(13-6-9-17(25)21-11-13)22-18(15)16(24-19)10-12-4-2-1-3-5-12/h1-9,11H,10H2,(H,21,25)(H2,20,23,24). The lowest BCUT2D eigenvalue weighted by atomic mass is 10.1. The SMILES string of the molecule is Nc1nc(Cc2ccccc2)c2nc(-c3ccc(=O)[nH]c3)ccc2n1. The number of aromatic nitrogens is 4. The van der Waals surface area contributed by atoms with Gasteiger partial charge in [0.15, 0.2) is 0 Å². The van der Waals surface area contributed by atoms with Crippen molar-refractivity contribution in [2.24, 2.45) is 0 Å².